The van der Waals surface area contributed by atoms with E-state index in [0.29, 0.717) is 41.3 Å². The summed E-state index contributed by atoms with van der Waals surface area (Å²) in [5.41, 5.74) is 3.33. The molecule has 2 heterocycles. The monoisotopic (exact) mass is 518 g/mol. The lowest BCUT2D eigenvalue weighted by atomic mass is 9.71. The van der Waals surface area contributed by atoms with Gasteiger partial charge < -0.3 is 19.5 Å². The van der Waals surface area contributed by atoms with Gasteiger partial charge in [0.1, 0.15) is 12.4 Å². The molecule has 198 valence electrons. The molecule has 3 aliphatic rings. The molecule has 3 atom stereocenters. The summed E-state index contributed by atoms with van der Waals surface area (Å²) in [6, 6.07) is 13.7. The molecule has 9 nitrogen and oxygen atoms in total. The summed E-state index contributed by atoms with van der Waals surface area (Å²) in [6.07, 6.45) is 2.34. The highest BCUT2D eigenvalue weighted by Gasteiger charge is 2.42. The molecule has 2 aromatic carbocycles. The second-order valence-corrected chi connectivity index (χ2v) is 9.84. The van der Waals surface area contributed by atoms with Gasteiger partial charge in [0.15, 0.2) is 5.78 Å². The molecule has 0 bridgehead atoms. The van der Waals surface area contributed by atoms with E-state index in [0.717, 1.165) is 18.4 Å². The number of hydrogen-bond acceptors (Lipinski definition) is 8. The van der Waals surface area contributed by atoms with Gasteiger partial charge in [0.25, 0.3) is 5.69 Å². The average molecular weight is 519 g/mol. The van der Waals surface area contributed by atoms with Gasteiger partial charge in [0, 0.05) is 54.0 Å². The van der Waals surface area contributed by atoms with Crippen molar-refractivity contribution in [2.45, 2.75) is 50.5 Å². The van der Waals surface area contributed by atoms with E-state index in [1.54, 1.807) is 26.2 Å². The minimum atomic E-state index is -0.783. The van der Waals surface area contributed by atoms with Crippen LogP contribution in [0.2, 0.25) is 0 Å². The zero-order valence-corrected chi connectivity index (χ0v) is 21.4. The minimum Gasteiger partial charge on any atom is -0.496 e. The van der Waals surface area contributed by atoms with Gasteiger partial charge in [-0.05, 0) is 43.4 Å². The molecule has 0 radical (unpaired) electrons. The van der Waals surface area contributed by atoms with E-state index < -0.39 is 16.8 Å². The molecule has 0 unspecified atom stereocenters. The van der Waals surface area contributed by atoms with Gasteiger partial charge >= 0.3 is 5.97 Å². The molecule has 1 aliphatic carbocycles. The van der Waals surface area contributed by atoms with Crippen molar-refractivity contribution in [3.05, 3.63) is 92.3 Å². The Morgan fingerprint density at radius 2 is 2.00 bits per heavy atom. The highest BCUT2D eigenvalue weighted by atomic mass is 16.6. The van der Waals surface area contributed by atoms with E-state index >= 15 is 0 Å². The van der Waals surface area contributed by atoms with Gasteiger partial charge in [-0.25, -0.2) is 4.79 Å². The van der Waals surface area contributed by atoms with Crippen LogP contribution < -0.4 is 10.1 Å². The van der Waals surface area contributed by atoms with Gasteiger partial charge in [-0.3, -0.25) is 14.9 Å². The summed E-state index contributed by atoms with van der Waals surface area (Å²) in [5.74, 6) is -0.868. The van der Waals surface area contributed by atoms with Crippen molar-refractivity contribution in [1.29, 1.82) is 0 Å². The molecule has 2 aromatic rings. The number of methoxy groups -OCH3 is 1. The Morgan fingerprint density at radius 1 is 1.18 bits per heavy atom. The molecular weight excluding hydrogens is 488 g/mol. The first kappa shape index (κ1) is 25.7. The van der Waals surface area contributed by atoms with Crippen LogP contribution in [0.15, 0.2) is 71.1 Å². The van der Waals surface area contributed by atoms with Crippen LogP contribution in [0.25, 0.3) is 0 Å². The summed E-state index contributed by atoms with van der Waals surface area (Å²) in [7, 11) is 1.60. The number of nitro benzene ring substituents is 1. The van der Waals surface area contributed by atoms with Crippen LogP contribution in [-0.2, 0) is 19.1 Å². The fraction of sp³-hybridized carbons (Fsp3) is 0.379. The Balaban J connectivity index is 1.54. The lowest BCUT2D eigenvalue weighted by molar-refractivity contribution is -0.384. The summed E-state index contributed by atoms with van der Waals surface area (Å²) in [4.78, 5) is 38.3. The van der Waals surface area contributed by atoms with Gasteiger partial charge in [0.05, 0.1) is 23.7 Å². The van der Waals surface area contributed by atoms with Crippen molar-refractivity contribution in [2.24, 2.45) is 0 Å². The number of carbonyl (C=O) groups is 2. The van der Waals surface area contributed by atoms with Crippen LogP contribution in [-0.4, -0.2) is 43.1 Å². The maximum atomic E-state index is 13.8. The fourth-order valence-electron chi connectivity index (χ4n) is 5.71. The third kappa shape index (κ3) is 4.93. The van der Waals surface area contributed by atoms with Crippen LogP contribution in [0, 0.1) is 10.1 Å². The topological polar surface area (TPSA) is 117 Å². The number of nitrogens with zero attached hydrogens (tertiary/aromatic N) is 1. The lowest BCUT2D eigenvalue weighted by Gasteiger charge is -2.37. The summed E-state index contributed by atoms with van der Waals surface area (Å²) < 4.78 is 16.8. The number of hydrogen-bond donors (Lipinski definition) is 1. The number of allylic oxidation sites excluding steroid dienone is 3. The minimum absolute atomic E-state index is 0.108. The van der Waals surface area contributed by atoms with Crippen LogP contribution in [0.5, 0.6) is 5.75 Å². The number of dihydropyridines is 1. The molecule has 2 aliphatic heterocycles. The van der Waals surface area contributed by atoms with Crippen molar-refractivity contribution in [3.8, 4) is 5.75 Å². The number of ether oxygens (including phenoxy) is 3. The van der Waals surface area contributed by atoms with Gasteiger partial charge in [-0.15, -0.1) is 0 Å². The predicted molar refractivity (Wildman–Crippen MR) is 139 cm³/mol. The molecule has 0 saturated carbocycles. The molecular formula is C29H30N2O7. The summed E-state index contributed by atoms with van der Waals surface area (Å²) in [5, 5.41) is 14.9. The SMILES string of the molecule is COc1ccccc1[C@H]1CC(=O)C2=C(C1)NC(C)=C(C(=O)OC[C@@H]1CCCO1)[C@@H]2c1cccc([N+](=O)[O-])c1. The number of carbonyl (C=O) groups excluding carboxylic acids is 2. The van der Waals surface area contributed by atoms with E-state index in [9.17, 15) is 19.7 Å². The van der Waals surface area contributed by atoms with Crippen LogP contribution >= 0.6 is 0 Å². The summed E-state index contributed by atoms with van der Waals surface area (Å²) >= 11 is 0. The summed E-state index contributed by atoms with van der Waals surface area (Å²) in [6.45, 7) is 2.53. The van der Waals surface area contributed by atoms with Crippen molar-refractivity contribution in [1.82, 2.24) is 5.32 Å². The van der Waals surface area contributed by atoms with Crippen molar-refractivity contribution in [3.63, 3.8) is 0 Å². The Labute approximate surface area is 220 Å². The second-order valence-electron chi connectivity index (χ2n) is 9.84. The number of para-hydroxylation sites is 1. The zero-order chi connectivity index (χ0) is 26.8. The van der Waals surface area contributed by atoms with Gasteiger partial charge in [-0.1, -0.05) is 30.3 Å². The largest absolute Gasteiger partial charge is 0.496 e. The number of Topliss-reactive ketones (excluding diaryl/α,β-unsaturated/α-hetero) is 1. The second kappa shape index (κ2) is 10.8. The number of nitrogens with one attached hydrogen (secondary N) is 1. The Kier molecular flexibility index (Phi) is 7.28. The average Bonchev–Trinajstić information content (AvgIpc) is 3.44. The van der Waals surface area contributed by atoms with Crippen LogP contribution in [0.1, 0.15) is 55.6 Å². The molecule has 1 fully saturated rings. The normalized spacial score (nSPS) is 23.1. The van der Waals surface area contributed by atoms with E-state index in [-0.39, 0.29) is 42.1 Å². The van der Waals surface area contributed by atoms with Gasteiger partial charge in [-0.2, -0.15) is 0 Å². The standard InChI is InChI=1S/C29H30N2O7/c1-17-26(29(33)38-16-21-9-6-12-37-21)27(18-7-5-8-20(13-18)31(34)35)28-23(30-17)14-19(15-24(28)32)22-10-3-4-11-25(22)36-2/h3-5,7-8,10-11,13,19,21,27,30H,6,9,12,14-16H2,1-2H3/t19-,21+,27+/m1/s1. The molecule has 1 N–H and O–H groups in total. The number of benzene rings is 2. The first-order valence-electron chi connectivity index (χ1n) is 12.8. The van der Waals surface area contributed by atoms with E-state index in [1.165, 1.54) is 12.1 Å². The number of non-ortho nitro benzene ring substituents is 1. The number of nitro groups is 1. The first-order chi connectivity index (χ1) is 18.4. The Morgan fingerprint density at radius 3 is 2.74 bits per heavy atom. The third-order valence-corrected chi connectivity index (χ3v) is 7.46. The number of rotatable bonds is 7. The van der Waals surface area contributed by atoms with Crippen LogP contribution in [0.3, 0.4) is 0 Å². The Hall–Kier alpha value is -3.98. The maximum Gasteiger partial charge on any atom is 0.336 e. The highest BCUT2D eigenvalue weighted by Crippen LogP contribution is 2.47. The molecule has 0 aromatic heterocycles. The predicted octanol–water partition coefficient (Wildman–Crippen LogP) is 4.69. The maximum absolute atomic E-state index is 13.8. The lowest BCUT2D eigenvalue weighted by Crippen LogP contribution is -2.36. The van der Waals surface area contributed by atoms with E-state index in [2.05, 4.69) is 5.32 Å². The Bertz CT molecular complexity index is 1340. The highest BCUT2D eigenvalue weighted by molar-refractivity contribution is 6.04. The fourth-order valence-corrected chi connectivity index (χ4v) is 5.71. The van der Waals surface area contributed by atoms with E-state index in [4.69, 9.17) is 14.2 Å². The molecule has 9 heteroatoms. The van der Waals surface area contributed by atoms with Crippen molar-refractivity contribution >= 4 is 17.4 Å². The van der Waals surface area contributed by atoms with Crippen molar-refractivity contribution < 1.29 is 28.7 Å². The molecule has 0 spiro atoms. The molecule has 0 amide bonds. The molecule has 1 saturated heterocycles. The molecule has 5 rings (SSSR count). The molecule has 38 heavy (non-hydrogen) atoms. The van der Waals surface area contributed by atoms with Gasteiger partial charge in [0.2, 0.25) is 0 Å². The number of ketones is 1. The van der Waals surface area contributed by atoms with Crippen LogP contribution in [0.4, 0.5) is 5.69 Å². The number of esters is 1. The first-order valence-corrected chi connectivity index (χ1v) is 12.8. The quantitative estimate of drug-likeness (QED) is 0.319. The van der Waals surface area contributed by atoms with Crippen molar-refractivity contribution in [2.75, 3.05) is 20.3 Å². The smallest absolute Gasteiger partial charge is 0.336 e. The zero-order valence-electron chi connectivity index (χ0n) is 21.4. The third-order valence-electron chi connectivity index (χ3n) is 7.46. The van der Waals surface area contributed by atoms with E-state index in [1.807, 2.05) is 24.3 Å².